The van der Waals surface area contributed by atoms with Gasteiger partial charge in [-0.3, -0.25) is 4.98 Å². The number of carboxylic acids is 1. The summed E-state index contributed by atoms with van der Waals surface area (Å²) in [7, 11) is 0. The first-order chi connectivity index (χ1) is 8.04. The molecule has 0 bridgehead atoms. The average Bonchev–Trinajstić information content (AvgIpc) is 2.26. The average molecular weight is 238 g/mol. The molecule has 0 aromatic carbocycles. The second kappa shape index (κ2) is 6.20. The number of aromatic nitrogens is 1. The Labute approximate surface area is 101 Å². The molecule has 1 aromatic heterocycles. The van der Waals surface area contributed by atoms with Crippen LogP contribution < -0.4 is 5.32 Å². The lowest BCUT2D eigenvalue weighted by molar-refractivity contribution is 0.0696. The Kier molecular flexibility index (Phi) is 4.90. The van der Waals surface area contributed by atoms with E-state index in [0.717, 1.165) is 5.69 Å². The van der Waals surface area contributed by atoms with E-state index in [1.807, 2.05) is 20.8 Å². The molecule has 0 saturated heterocycles. The van der Waals surface area contributed by atoms with Crippen molar-refractivity contribution < 1.29 is 14.6 Å². The van der Waals surface area contributed by atoms with E-state index in [1.165, 1.54) is 6.20 Å². The maximum absolute atomic E-state index is 11.0. The summed E-state index contributed by atoms with van der Waals surface area (Å²) >= 11 is 0. The quantitative estimate of drug-likeness (QED) is 0.792. The molecular weight excluding hydrogens is 220 g/mol. The summed E-state index contributed by atoms with van der Waals surface area (Å²) < 4.78 is 5.37. The van der Waals surface area contributed by atoms with Gasteiger partial charge in [-0.1, -0.05) is 0 Å². The lowest BCUT2D eigenvalue weighted by atomic mass is 10.2. The number of pyridine rings is 1. The van der Waals surface area contributed by atoms with E-state index in [2.05, 4.69) is 10.3 Å². The van der Waals surface area contributed by atoms with Gasteiger partial charge in [0.05, 0.1) is 11.8 Å². The maximum atomic E-state index is 11.0. The number of nitrogens with zero attached hydrogens (tertiary/aromatic N) is 1. The molecule has 0 saturated carbocycles. The number of nitrogens with one attached hydrogen (secondary N) is 1. The van der Waals surface area contributed by atoms with Crippen molar-refractivity contribution in [2.75, 3.05) is 18.5 Å². The number of rotatable bonds is 6. The van der Waals surface area contributed by atoms with Gasteiger partial charge in [0.1, 0.15) is 5.56 Å². The predicted molar refractivity (Wildman–Crippen MR) is 65.5 cm³/mol. The Morgan fingerprint density at radius 3 is 2.94 bits per heavy atom. The SMILES string of the molecule is CCOC(C)CNc1cc(C)ncc1C(=O)O. The predicted octanol–water partition coefficient (Wildman–Crippen LogP) is 1.93. The van der Waals surface area contributed by atoms with Crippen molar-refractivity contribution in [3.63, 3.8) is 0 Å². The smallest absolute Gasteiger partial charge is 0.339 e. The number of carbonyl (C=O) groups is 1. The molecule has 0 aliphatic heterocycles. The van der Waals surface area contributed by atoms with Gasteiger partial charge in [-0.2, -0.15) is 0 Å². The third kappa shape index (κ3) is 4.03. The van der Waals surface area contributed by atoms with Gasteiger partial charge in [-0.05, 0) is 26.8 Å². The van der Waals surface area contributed by atoms with Crippen LogP contribution in [0.5, 0.6) is 0 Å². The van der Waals surface area contributed by atoms with Crippen molar-refractivity contribution in [3.05, 3.63) is 23.5 Å². The summed E-state index contributed by atoms with van der Waals surface area (Å²) in [5.41, 5.74) is 1.54. The fourth-order valence-corrected chi connectivity index (χ4v) is 1.47. The molecule has 0 radical (unpaired) electrons. The standard InChI is InChI=1S/C12H18N2O3/c1-4-17-9(3)6-14-11-5-8(2)13-7-10(11)12(15)16/h5,7,9H,4,6H2,1-3H3,(H,13,14)(H,15,16). The summed E-state index contributed by atoms with van der Waals surface area (Å²) in [6.07, 6.45) is 1.40. The van der Waals surface area contributed by atoms with E-state index >= 15 is 0 Å². The minimum absolute atomic E-state index is 0.0371. The minimum atomic E-state index is -0.982. The summed E-state index contributed by atoms with van der Waals surface area (Å²) in [5, 5.41) is 12.1. The number of carboxylic acid groups (broad SMARTS) is 1. The second-order valence-electron chi connectivity index (χ2n) is 3.82. The highest BCUT2D eigenvalue weighted by Gasteiger charge is 2.11. The first-order valence-electron chi connectivity index (χ1n) is 5.60. The molecule has 0 spiro atoms. The van der Waals surface area contributed by atoms with Crippen LogP contribution in [0.15, 0.2) is 12.3 Å². The normalized spacial score (nSPS) is 12.2. The first-order valence-corrected chi connectivity index (χ1v) is 5.60. The van der Waals surface area contributed by atoms with Crippen LogP contribution in [0.3, 0.4) is 0 Å². The van der Waals surface area contributed by atoms with Crippen LogP contribution in [-0.2, 0) is 4.74 Å². The minimum Gasteiger partial charge on any atom is -0.478 e. The zero-order valence-corrected chi connectivity index (χ0v) is 10.4. The molecule has 5 nitrogen and oxygen atoms in total. The maximum Gasteiger partial charge on any atom is 0.339 e. The van der Waals surface area contributed by atoms with Crippen molar-refractivity contribution in [2.24, 2.45) is 0 Å². The van der Waals surface area contributed by atoms with E-state index < -0.39 is 5.97 Å². The summed E-state index contributed by atoms with van der Waals surface area (Å²) in [5.74, 6) is -0.982. The summed E-state index contributed by atoms with van der Waals surface area (Å²) in [6, 6.07) is 1.72. The fraction of sp³-hybridized carbons (Fsp3) is 0.500. The molecule has 1 aromatic rings. The van der Waals surface area contributed by atoms with Crippen molar-refractivity contribution in [1.29, 1.82) is 0 Å². The zero-order chi connectivity index (χ0) is 12.8. The Balaban J connectivity index is 2.75. The summed E-state index contributed by atoms with van der Waals surface area (Å²) in [6.45, 7) is 6.89. The van der Waals surface area contributed by atoms with Crippen LogP contribution in [0.4, 0.5) is 5.69 Å². The number of hydrogen-bond donors (Lipinski definition) is 2. The Hall–Kier alpha value is -1.62. The molecule has 1 rings (SSSR count). The van der Waals surface area contributed by atoms with Gasteiger partial charge >= 0.3 is 5.97 Å². The number of anilines is 1. The molecule has 2 N–H and O–H groups in total. The van der Waals surface area contributed by atoms with E-state index in [-0.39, 0.29) is 11.7 Å². The third-order valence-corrected chi connectivity index (χ3v) is 2.30. The largest absolute Gasteiger partial charge is 0.478 e. The van der Waals surface area contributed by atoms with E-state index in [0.29, 0.717) is 18.8 Å². The van der Waals surface area contributed by atoms with Crippen LogP contribution >= 0.6 is 0 Å². The molecule has 1 heterocycles. The van der Waals surface area contributed by atoms with Gasteiger partial charge in [0.15, 0.2) is 0 Å². The number of aryl methyl sites for hydroxylation is 1. The lowest BCUT2D eigenvalue weighted by Crippen LogP contribution is -2.21. The molecular formula is C12H18N2O3. The molecule has 1 atom stereocenters. The highest BCUT2D eigenvalue weighted by atomic mass is 16.5. The number of hydrogen-bond acceptors (Lipinski definition) is 4. The Morgan fingerprint density at radius 1 is 1.65 bits per heavy atom. The van der Waals surface area contributed by atoms with E-state index in [9.17, 15) is 4.79 Å². The number of aromatic carboxylic acids is 1. The molecule has 0 aliphatic rings. The Morgan fingerprint density at radius 2 is 2.35 bits per heavy atom. The monoisotopic (exact) mass is 238 g/mol. The van der Waals surface area contributed by atoms with Crippen LogP contribution in [0.25, 0.3) is 0 Å². The van der Waals surface area contributed by atoms with Gasteiger partial charge in [-0.25, -0.2) is 4.79 Å². The van der Waals surface area contributed by atoms with Gasteiger partial charge in [0, 0.05) is 25.0 Å². The first kappa shape index (κ1) is 13.4. The lowest BCUT2D eigenvalue weighted by Gasteiger charge is -2.15. The highest BCUT2D eigenvalue weighted by molar-refractivity contribution is 5.93. The van der Waals surface area contributed by atoms with Crippen molar-refractivity contribution in [1.82, 2.24) is 4.98 Å². The molecule has 0 fully saturated rings. The molecule has 0 aliphatic carbocycles. The van der Waals surface area contributed by atoms with Crippen molar-refractivity contribution in [3.8, 4) is 0 Å². The molecule has 17 heavy (non-hydrogen) atoms. The molecule has 0 amide bonds. The topological polar surface area (TPSA) is 71.5 Å². The fourth-order valence-electron chi connectivity index (χ4n) is 1.47. The van der Waals surface area contributed by atoms with Gasteiger partial charge < -0.3 is 15.2 Å². The van der Waals surface area contributed by atoms with E-state index in [4.69, 9.17) is 9.84 Å². The van der Waals surface area contributed by atoms with Gasteiger partial charge in [0.25, 0.3) is 0 Å². The zero-order valence-electron chi connectivity index (χ0n) is 10.4. The van der Waals surface area contributed by atoms with Crippen molar-refractivity contribution >= 4 is 11.7 Å². The molecule has 5 heteroatoms. The van der Waals surface area contributed by atoms with Crippen LogP contribution in [-0.4, -0.2) is 35.3 Å². The van der Waals surface area contributed by atoms with Gasteiger partial charge in [0.2, 0.25) is 0 Å². The van der Waals surface area contributed by atoms with Crippen LogP contribution in [0.1, 0.15) is 29.9 Å². The second-order valence-corrected chi connectivity index (χ2v) is 3.82. The van der Waals surface area contributed by atoms with Crippen LogP contribution in [0, 0.1) is 6.92 Å². The Bertz CT molecular complexity index is 393. The number of ether oxygens (including phenoxy) is 1. The molecule has 1 unspecified atom stereocenters. The third-order valence-electron chi connectivity index (χ3n) is 2.30. The van der Waals surface area contributed by atoms with Crippen LogP contribution in [0.2, 0.25) is 0 Å². The highest BCUT2D eigenvalue weighted by Crippen LogP contribution is 2.15. The summed E-state index contributed by atoms with van der Waals surface area (Å²) in [4.78, 5) is 15.0. The van der Waals surface area contributed by atoms with E-state index in [1.54, 1.807) is 6.07 Å². The van der Waals surface area contributed by atoms with Crippen molar-refractivity contribution in [2.45, 2.75) is 26.9 Å². The molecule has 94 valence electrons. The van der Waals surface area contributed by atoms with Gasteiger partial charge in [-0.15, -0.1) is 0 Å².